The van der Waals surface area contributed by atoms with E-state index >= 15 is 0 Å². The van der Waals surface area contributed by atoms with Crippen molar-refractivity contribution in [3.05, 3.63) is 56.4 Å². The van der Waals surface area contributed by atoms with E-state index in [0.717, 1.165) is 48.0 Å². The van der Waals surface area contributed by atoms with Gasteiger partial charge in [0, 0.05) is 17.1 Å². The number of rotatable bonds is 4. The van der Waals surface area contributed by atoms with Crippen LogP contribution in [0.1, 0.15) is 41.1 Å². The lowest BCUT2D eigenvalue weighted by Crippen LogP contribution is -2.41. The second kappa shape index (κ2) is 8.20. The summed E-state index contributed by atoms with van der Waals surface area (Å²) in [5.41, 5.74) is 3.29. The fraction of sp³-hybridized carbons (Fsp3) is 0.458. The molecule has 0 saturated carbocycles. The number of thiophene rings is 1. The molecule has 3 heterocycles. The molecule has 162 valence electrons. The number of fused-ring (bicyclic) bond motifs is 4. The molecule has 3 aromatic rings. The Kier molecular flexibility index (Phi) is 5.40. The predicted octanol–water partition coefficient (Wildman–Crippen LogP) is 3.38. The lowest BCUT2D eigenvalue weighted by atomic mass is 9.97. The molecule has 2 aliphatic rings. The molecule has 0 fully saturated rings. The van der Waals surface area contributed by atoms with E-state index in [1.165, 1.54) is 22.4 Å². The number of nitrogens with zero attached hydrogens (tertiary/aromatic N) is 4. The first kappa shape index (κ1) is 20.4. The highest BCUT2D eigenvalue weighted by atomic mass is 32.1. The average molecular weight is 437 g/mol. The van der Waals surface area contributed by atoms with Crippen LogP contribution in [0.25, 0.3) is 10.2 Å². The maximum Gasteiger partial charge on any atom is 0.263 e. The van der Waals surface area contributed by atoms with Crippen molar-refractivity contribution in [1.29, 1.82) is 0 Å². The van der Waals surface area contributed by atoms with E-state index in [1.54, 1.807) is 15.9 Å². The summed E-state index contributed by atoms with van der Waals surface area (Å²) in [5, 5.41) is 0.744. The number of hydrogen-bond donors (Lipinski definition) is 0. The lowest BCUT2D eigenvalue weighted by Gasteiger charge is -2.30. The summed E-state index contributed by atoms with van der Waals surface area (Å²) in [6, 6.07) is 8.08. The van der Waals surface area contributed by atoms with Crippen LogP contribution < -0.4 is 10.5 Å². The number of amides is 1. The molecular formula is C24H28N4O2S. The molecule has 0 unspecified atom stereocenters. The first-order valence-corrected chi connectivity index (χ1v) is 11.9. The number of para-hydroxylation sites is 1. The van der Waals surface area contributed by atoms with Gasteiger partial charge in [0.05, 0.1) is 11.9 Å². The van der Waals surface area contributed by atoms with E-state index in [0.29, 0.717) is 18.9 Å². The zero-order chi connectivity index (χ0) is 21.5. The van der Waals surface area contributed by atoms with Crippen LogP contribution in [-0.2, 0) is 37.1 Å². The SMILES string of the molecule is CN(C)Cc1nc2sc3c(c2c(=O)n1CC(=O)N1CCCc2ccccc21)CCCC3. The second-order valence-corrected chi connectivity index (χ2v) is 9.91. The zero-order valence-corrected chi connectivity index (χ0v) is 19.0. The van der Waals surface area contributed by atoms with Crippen LogP contribution in [-0.4, -0.2) is 41.0 Å². The van der Waals surface area contributed by atoms with Crippen LogP contribution in [0, 0.1) is 0 Å². The van der Waals surface area contributed by atoms with E-state index < -0.39 is 0 Å². The molecule has 1 aliphatic carbocycles. The third-order valence-electron chi connectivity index (χ3n) is 6.32. The molecule has 6 nitrogen and oxygen atoms in total. The third kappa shape index (κ3) is 3.70. The van der Waals surface area contributed by atoms with Gasteiger partial charge in [0.1, 0.15) is 17.2 Å². The van der Waals surface area contributed by atoms with Gasteiger partial charge in [-0.1, -0.05) is 18.2 Å². The van der Waals surface area contributed by atoms with Crippen LogP contribution in [0.3, 0.4) is 0 Å². The van der Waals surface area contributed by atoms with E-state index in [4.69, 9.17) is 4.98 Å². The molecule has 0 spiro atoms. The Labute approximate surface area is 186 Å². The smallest absolute Gasteiger partial charge is 0.263 e. The molecule has 0 bridgehead atoms. The van der Waals surface area contributed by atoms with Crippen molar-refractivity contribution in [1.82, 2.24) is 14.5 Å². The number of benzene rings is 1. The number of carbonyl (C=O) groups excluding carboxylic acids is 1. The number of anilines is 1. The Hall–Kier alpha value is -2.51. The molecule has 0 atom stereocenters. The third-order valence-corrected chi connectivity index (χ3v) is 7.50. The summed E-state index contributed by atoms with van der Waals surface area (Å²) in [5.74, 6) is 0.624. The molecular weight excluding hydrogens is 408 g/mol. The molecule has 7 heteroatoms. The minimum Gasteiger partial charge on any atom is -0.311 e. The normalized spacial score (nSPS) is 15.9. The minimum absolute atomic E-state index is 0.0316. The van der Waals surface area contributed by atoms with Gasteiger partial charge in [-0.2, -0.15) is 0 Å². The Morgan fingerprint density at radius 2 is 1.94 bits per heavy atom. The Morgan fingerprint density at radius 1 is 1.13 bits per heavy atom. The Bertz CT molecular complexity index is 1210. The standard InChI is InChI=1S/C24H28N4O2S/c1-26(2)14-20-25-23-22(17-10-4-6-12-19(17)31-23)24(30)28(20)15-21(29)27-13-7-9-16-8-3-5-11-18(16)27/h3,5,8,11H,4,6-7,9-10,12-15H2,1-2H3. The molecule has 1 amide bonds. The van der Waals surface area contributed by atoms with E-state index in [-0.39, 0.29) is 18.0 Å². The number of aromatic nitrogens is 2. The van der Waals surface area contributed by atoms with Crippen molar-refractivity contribution in [3.8, 4) is 0 Å². The van der Waals surface area contributed by atoms with Crippen molar-refractivity contribution < 1.29 is 4.79 Å². The zero-order valence-electron chi connectivity index (χ0n) is 18.2. The van der Waals surface area contributed by atoms with Gasteiger partial charge in [0.2, 0.25) is 5.91 Å². The fourth-order valence-corrected chi connectivity index (χ4v) is 6.13. The Balaban J connectivity index is 1.58. The first-order valence-electron chi connectivity index (χ1n) is 11.1. The number of carbonyl (C=O) groups is 1. The number of aryl methyl sites for hydroxylation is 3. The van der Waals surface area contributed by atoms with Crippen LogP contribution in [0.2, 0.25) is 0 Å². The van der Waals surface area contributed by atoms with Gasteiger partial charge >= 0.3 is 0 Å². The quantitative estimate of drug-likeness (QED) is 0.629. The van der Waals surface area contributed by atoms with Gasteiger partial charge in [-0.15, -0.1) is 11.3 Å². The first-order chi connectivity index (χ1) is 15.0. The van der Waals surface area contributed by atoms with Crippen LogP contribution >= 0.6 is 11.3 Å². The van der Waals surface area contributed by atoms with Crippen LogP contribution in [0.15, 0.2) is 29.1 Å². The van der Waals surface area contributed by atoms with Gasteiger partial charge in [0.15, 0.2) is 0 Å². The highest BCUT2D eigenvalue weighted by Gasteiger charge is 2.26. The van der Waals surface area contributed by atoms with Gasteiger partial charge in [-0.25, -0.2) is 4.98 Å². The fourth-order valence-electron chi connectivity index (χ4n) is 4.86. The maximum atomic E-state index is 13.7. The molecule has 5 rings (SSSR count). The summed E-state index contributed by atoms with van der Waals surface area (Å²) in [4.78, 5) is 38.0. The van der Waals surface area contributed by atoms with Crippen molar-refractivity contribution in [2.75, 3.05) is 25.5 Å². The molecule has 0 N–H and O–H groups in total. The summed E-state index contributed by atoms with van der Waals surface area (Å²) in [6.07, 6.45) is 6.18. The lowest BCUT2D eigenvalue weighted by molar-refractivity contribution is -0.119. The van der Waals surface area contributed by atoms with Gasteiger partial charge < -0.3 is 9.80 Å². The topological polar surface area (TPSA) is 58.4 Å². The summed E-state index contributed by atoms with van der Waals surface area (Å²) in [6.45, 7) is 1.25. The highest BCUT2D eigenvalue weighted by molar-refractivity contribution is 7.18. The molecule has 1 aliphatic heterocycles. The van der Waals surface area contributed by atoms with Crippen molar-refractivity contribution in [2.24, 2.45) is 0 Å². The largest absolute Gasteiger partial charge is 0.311 e. The van der Waals surface area contributed by atoms with E-state index in [2.05, 4.69) is 6.07 Å². The van der Waals surface area contributed by atoms with Crippen molar-refractivity contribution in [3.63, 3.8) is 0 Å². The van der Waals surface area contributed by atoms with Gasteiger partial charge in [-0.3, -0.25) is 14.2 Å². The molecule has 1 aromatic carbocycles. The molecule has 2 aromatic heterocycles. The number of hydrogen-bond acceptors (Lipinski definition) is 5. The molecule has 31 heavy (non-hydrogen) atoms. The van der Waals surface area contributed by atoms with Crippen LogP contribution in [0.4, 0.5) is 5.69 Å². The monoisotopic (exact) mass is 436 g/mol. The van der Waals surface area contributed by atoms with E-state index in [9.17, 15) is 9.59 Å². The van der Waals surface area contributed by atoms with Crippen molar-refractivity contribution >= 4 is 33.1 Å². The second-order valence-electron chi connectivity index (χ2n) is 8.83. The predicted molar refractivity (Wildman–Crippen MR) is 125 cm³/mol. The maximum absolute atomic E-state index is 13.7. The van der Waals surface area contributed by atoms with E-state index in [1.807, 2.05) is 42.1 Å². The summed E-state index contributed by atoms with van der Waals surface area (Å²) < 4.78 is 1.63. The Morgan fingerprint density at radius 3 is 2.77 bits per heavy atom. The van der Waals surface area contributed by atoms with Crippen LogP contribution in [0.5, 0.6) is 0 Å². The minimum atomic E-state index is -0.0557. The van der Waals surface area contributed by atoms with Gasteiger partial charge in [-0.05, 0) is 69.8 Å². The molecule has 0 radical (unpaired) electrons. The highest BCUT2D eigenvalue weighted by Crippen LogP contribution is 2.34. The molecule has 0 saturated heterocycles. The summed E-state index contributed by atoms with van der Waals surface area (Å²) >= 11 is 1.66. The average Bonchev–Trinajstić information content (AvgIpc) is 3.14. The van der Waals surface area contributed by atoms with Crippen molar-refractivity contribution in [2.45, 2.75) is 51.6 Å². The summed E-state index contributed by atoms with van der Waals surface area (Å²) in [7, 11) is 3.92. The van der Waals surface area contributed by atoms with Gasteiger partial charge in [0.25, 0.3) is 5.56 Å².